The summed E-state index contributed by atoms with van der Waals surface area (Å²) in [5, 5.41) is 0. The third kappa shape index (κ3) is 4.00. The van der Waals surface area contributed by atoms with E-state index in [9.17, 15) is 9.59 Å². The molecule has 2 rings (SSSR count). The van der Waals surface area contributed by atoms with Crippen molar-refractivity contribution in [3.63, 3.8) is 0 Å². The van der Waals surface area contributed by atoms with Gasteiger partial charge in [0.2, 0.25) is 0 Å². The lowest BCUT2D eigenvalue weighted by molar-refractivity contribution is -0.157. The molecular weight excluding hydrogens is 350 g/mol. The van der Waals surface area contributed by atoms with Gasteiger partial charge >= 0.3 is 5.97 Å². The van der Waals surface area contributed by atoms with Crippen LogP contribution in [0, 0.1) is 0 Å². The lowest BCUT2D eigenvalue weighted by atomic mass is 10.0. The van der Waals surface area contributed by atoms with Gasteiger partial charge in [0.15, 0.2) is 6.10 Å². The van der Waals surface area contributed by atoms with Gasteiger partial charge in [-0.1, -0.05) is 15.9 Å². The number of esters is 1. The average Bonchev–Trinajstić information content (AvgIpc) is 2.55. The molecular formula is C16H20BrNO4. The Hall–Kier alpha value is -1.56. The van der Waals surface area contributed by atoms with Gasteiger partial charge in [0.25, 0.3) is 5.91 Å². The lowest BCUT2D eigenvalue weighted by Crippen LogP contribution is -2.52. The monoisotopic (exact) mass is 369 g/mol. The smallest absolute Gasteiger partial charge is 0.328 e. The molecule has 0 spiro atoms. The van der Waals surface area contributed by atoms with Crippen molar-refractivity contribution in [1.82, 2.24) is 4.90 Å². The van der Waals surface area contributed by atoms with Gasteiger partial charge in [0.1, 0.15) is 11.8 Å². The molecule has 0 aliphatic carbocycles. The zero-order chi connectivity index (χ0) is 16.1. The van der Waals surface area contributed by atoms with Gasteiger partial charge in [0, 0.05) is 11.0 Å². The number of ether oxygens (including phenoxy) is 2. The molecule has 1 aromatic rings. The largest absolute Gasteiger partial charge is 0.481 e. The van der Waals surface area contributed by atoms with E-state index in [-0.39, 0.29) is 11.9 Å². The summed E-state index contributed by atoms with van der Waals surface area (Å²) < 4.78 is 11.4. The summed E-state index contributed by atoms with van der Waals surface area (Å²) in [5.74, 6) is 0.0811. The van der Waals surface area contributed by atoms with E-state index in [0.717, 1.165) is 17.3 Å². The predicted octanol–water partition coefficient (Wildman–Crippen LogP) is 2.77. The van der Waals surface area contributed by atoms with Crippen LogP contribution in [0.5, 0.6) is 5.75 Å². The SMILES string of the molecule is COC(=O)C1CCCCN1C(=O)C(C)Oc1ccc(Br)cc1. The van der Waals surface area contributed by atoms with Gasteiger partial charge in [-0.25, -0.2) is 4.79 Å². The van der Waals surface area contributed by atoms with Crippen LogP contribution in [0.4, 0.5) is 0 Å². The highest BCUT2D eigenvalue weighted by molar-refractivity contribution is 9.10. The number of benzene rings is 1. The summed E-state index contributed by atoms with van der Waals surface area (Å²) in [6.07, 6.45) is 1.81. The van der Waals surface area contributed by atoms with E-state index in [2.05, 4.69) is 15.9 Å². The number of hydrogen-bond acceptors (Lipinski definition) is 4. The van der Waals surface area contributed by atoms with E-state index in [1.165, 1.54) is 7.11 Å². The Kier molecular flexibility index (Phi) is 5.83. The normalized spacial score (nSPS) is 19.4. The molecule has 2 unspecified atom stereocenters. The number of rotatable bonds is 4. The minimum Gasteiger partial charge on any atom is -0.481 e. The summed E-state index contributed by atoms with van der Waals surface area (Å²) in [4.78, 5) is 26.0. The van der Waals surface area contributed by atoms with Crippen LogP contribution >= 0.6 is 15.9 Å². The van der Waals surface area contributed by atoms with Gasteiger partial charge in [-0.2, -0.15) is 0 Å². The van der Waals surface area contributed by atoms with Crippen molar-refractivity contribution in [2.24, 2.45) is 0 Å². The van der Waals surface area contributed by atoms with Crippen LogP contribution in [0.25, 0.3) is 0 Å². The lowest BCUT2D eigenvalue weighted by Gasteiger charge is -2.35. The van der Waals surface area contributed by atoms with Crippen molar-refractivity contribution in [2.45, 2.75) is 38.3 Å². The second kappa shape index (κ2) is 7.63. The first-order valence-corrected chi connectivity index (χ1v) is 8.12. The second-order valence-corrected chi connectivity index (χ2v) is 6.20. The Morgan fingerprint density at radius 2 is 1.95 bits per heavy atom. The van der Waals surface area contributed by atoms with Crippen molar-refractivity contribution < 1.29 is 19.1 Å². The molecule has 22 heavy (non-hydrogen) atoms. The van der Waals surface area contributed by atoms with Crippen LogP contribution < -0.4 is 4.74 Å². The van der Waals surface area contributed by atoms with Gasteiger partial charge in [-0.3, -0.25) is 4.79 Å². The zero-order valence-corrected chi connectivity index (χ0v) is 14.3. The quantitative estimate of drug-likeness (QED) is 0.765. The molecule has 1 aliphatic heterocycles. The number of likely N-dealkylation sites (tertiary alicyclic amines) is 1. The molecule has 0 bridgehead atoms. The molecule has 0 radical (unpaired) electrons. The number of methoxy groups -OCH3 is 1. The highest BCUT2D eigenvalue weighted by Crippen LogP contribution is 2.22. The Bertz CT molecular complexity index is 531. The zero-order valence-electron chi connectivity index (χ0n) is 12.8. The van der Waals surface area contributed by atoms with Crippen molar-refractivity contribution in [3.8, 4) is 5.75 Å². The minimum absolute atomic E-state index is 0.182. The Labute approximate surface area is 138 Å². The Morgan fingerprint density at radius 3 is 2.59 bits per heavy atom. The fourth-order valence-electron chi connectivity index (χ4n) is 2.58. The van der Waals surface area contributed by atoms with Crippen molar-refractivity contribution in [2.75, 3.05) is 13.7 Å². The summed E-state index contributed by atoms with van der Waals surface area (Å²) >= 11 is 3.35. The molecule has 0 N–H and O–H groups in total. The predicted molar refractivity (Wildman–Crippen MR) is 85.6 cm³/mol. The number of halogens is 1. The molecule has 1 aliphatic rings. The number of nitrogens with zero attached hydrogens (tertiary/aromatic N) is 1. The van der Waals surface area contributed by atoms with E-state index >= 15 is 0 Å². The maximum atomic E-state index is 12.6. The summed E-state index contributed by atoms with van der Waals surface area (Å²) in [7, 11) is 1.35. The summed E-state index contributed by atoms with van der Waals surface area (Å²) in [5.41, 5.74) is 0. The standard InChI is InChI=1S/C16H20BrNO4/c1-11(22-13-8-6-12(17)7-9-13)15(19)18-10-4-3-5-14(18)16(20)21-2/h6-9,11,14H,3-5,10H2,1-2H3. The van der Waals surface area contributed by atoms with Crippen LogP contribution in [0.1, 0.15) is 26.2 Å². The third-order valence-corrected chi connectivity index (χ3v) is 4.26. The number of hydrogen-bond donors (Lipinski definition) is 0. The van der Waals surface area contributed by atoms with Crippen molar-refractivity contribution in [3.05, 3.63) is 28.7 Å². The van der Waals surface area contributed by atoms with Gasteiger partial charge in [0.05, 0.1) is 7.11 Å². The molecule has 1 amide bonds. The molecule has 2 atom stereocenters. The minimum atomic E-state index is -0.647. The molecule has 1 saturated heterocycles. The number of carbonyl (C=O) groups excluding carboxylic acids is 2. The topological polar surface area (TPSA) is 55.8 Å². The summed E-state index contributed by atoms with van der Waals surface area (Å²) in [6, 6.07) is 6.79. The van der Waals surface area contributed by atoms with E-state index in [1.807, 2.05) is 12.1 Å². The van der Waals surface area contributed by atoms with Gasteiger partial charge in [-0.05, 0) is 50.5 Å². The van der Waals surface area contributed by atoms with Gasteiger partial charge in [-0.15, -0.1) is 0 Å². The van der Waals surface area contributed by atoms with Crippen LogP contribution in [0.3, 0.4) is 0 Å². The van der Waals surface area contributed by atoms with Crippen LogP contribution in [-0.2, 0) is 14.3 Å². The molecule has 120 valence electrons. The van der Waals surface area contributed by atoms with Crippen LogP contribution in [0.2, 0.25) is 0 Å². The van der Waals surface area contributed by atoms with Crippen LogP contribution in [-0.4, -0.2) is 42.6 Å². The van der Waals surface area contributed by atoms with E-state index in [0.29, 0.717) is 18.7 Å². The second-order valence-electron chi connectivity index (χ2n) is 5.28. The van der Waals surface area contributed by atoms with E-state index in [1.54, 1.807) is 24.0 Å². The first kappa shape index (κ1) is 16.8. The molecule has 0 saturated carbocycles. The van der Waals surface area contributed by atoms with E-state index in [4.69, 9.17) is 9.47 Å². The third-order valence-electron chi connectivity index (χ3n) is 3.73. The Balaban J connectivity index is 2.04. The van der Waals surface area contributed by atoms with E-state index < -0.39 is 12.1 Å². The first-order chi connectivity index (χ1) is 10.5. The number of carbonyl (C=O) groups is 2. The maximum absolute atomic E-state index is 12.6. The molecule has 5 nitrogen and oxygen atoms in total. The highest BCUT2D eigenvalue weighted by Gasteiger charge is 2.35. The Morgan fingerprint density at radius 1 is 1.27 bits per heavy atom. The first-order valence-electron chi connectivity index (χ1n) is 7.33. The molecule has 1 fully saturated rings. The molecule has 1 aromatic carbocycles. The van der Waals surface area contributed by atoms with Crippen molar-refractivity contribution >= 4 is 27.8 Å². The average molecular weight is 370 g/mol. The molecule has 0 aromatic heterocycles. The molecule has 6 heteroatoms. The summed E-state index contributed by atoms with van der Waals surface area (Å²) in [6.45, 7) is 2.26. The number of amides is 1. The van der Waals surface area contributed by atoms with Crippen LogP contribution in [0.15, 0.2) is 28.7 Å². The van der Waals surface area contributed by atoms with Crippen molar-refractivity contribution in [1.29, 1.82) is 0 Å². The fourth-order valence-corrected chi connectivity index (χ4v) is 2.84. The number of piperidine rings is 1. The van der Waals surface area contributed by atoms with Gasteiger partial charge < -0.3 is 14.4 Å². The fraction of sp³-hybridized carbons (Fsp3) is 0.500. The maximum Gasteiger partial charge on any atom is 0.328 e. The molecule has 1 heterocycles. The highest BCUT2D eigenvalue weighted by atomic mass is 79.9.